The lowest BCUT2D eigenvalue weighted by molar-refractivity contribution is -0.260. The number of nitrogens with zero attached hydrogens (tertiary/aromatic N) is 5. The molecule has 1 aromatic carbocycles. The standard InChI is InChI=1S/C25H26F3N7O2/c1-14(2)34-22(36)19-13-31-23(32-17-5-4-16-12-29-8-6-15(16)10-17)33-21(19)35(34)18-7-9-30-20(11-18)24(3,37)25(26,27)28/h4-5,7,9-11,13-14,29,37H,6,8,12H2,1-3H3,(H,31,32,33). The molecule has 0 spiro atoms. The van der Waals surface area contributed by atoms with Crippen molar-refractivity contribution < 1.29 is 18.3 Å². The van der Waals surface area contributed by atoms with Crippen LogP contribution in [-0.2, 0) is 18.6 Å². The van der Waals surface area contributed by atoms with Gasteiger partial charge in [-0.05, 0) is 69.1 Å². The number of aliphatic hydroxyl groups is 1. The number of anilines is 2. The molecule has 0 aliphatic carbocycles. The van der Waals surface area contributed by atoms with Crippen LogP contribution in [0.25, 0.3) is 16.7 Å². The monoisotopic (exact) mass is 513 g/mol. The zero-order valence-electron chi connectivity index (χ0n) is 20.5. The van der Waals surface area contributed by atoms with Crippen LogP contribution in [0, 0.1) is 0 Å². The van der Waals surface area contributed by atoms with Crippen molar-refractivity contribution in [3.8, 4) is 5.69 Å². The van der Waals surface area contributed by atoms with Crippen molar-refractivity contribution in [1.82, 2.24) is 29.6 Å². The predicted octanol–water partition coefficient (Wildman–Crippen LogP) is 3.72. The Morgan fingerprint density at radius 2 is 1.92 bits per heavy atom. The molecule has 1 aliphatic rings. The van der Waals surface area contributed by atoms with Gasteiger partial charge in [-0.2, -0.15) is 18.2 Å². The van der Waals surface area contributed by atoms with E-state index in [1.54, 1.807) is 13.8 Å². The maximum atomic E-state index is 13.5. The largest absolute Gasteiger partial charge is 0.422 e. The van der Waals surface area contributed by atoms with E-state index in [2.05, 4.69) is 25.6 Å². The highest BCUT2D eigenvalue weighted by Crippen LogP contribution is 2.38. The minimum absolute atomic E-state index is 0.196. The molecule has 12 heteroatoms. The number of alkyl halides is 3. The van der Waals surface area contributed by atoms with E-state index in [0.717, 1.165) is 37.5 Å². The van der Waals surface area contributed by atoms with E-state index in [0.29, 0.717) is 6.92 Å². The van der Waals surface area contributed by atoms with Crippen molar-refractivity contribution >= 4 is 22.7 Å². The summed E-state index contributed by atoms with van der Waals surface area (Å²) in [6.07, 6.45) is -1.49. The Labute approximate surface area is 210 Å². The van der Waals surface area contributed by atoms with Crippen molar-refractivity contribution in [2.24, 2.45) is 0 Å². The smallest absolute Gasteiger partial charge is 0.375 e. The molecule has 1 atom stereocenters. The van der Waals surface area contributed by atoms with Gasteiger partial charge in [-0.25, -0.2) is 14.3 Å². The summed E-state index contributed by atoms with van der Waals surface area (Å²) < 4.78 is 43.3. The van der Waals surface area contributed by atoms with Gasteiger partial charge in [-0.15, -0.1) is 0 Å². The van der Waals surface area contributed by atoms with Crippen molar-refractivity contribution in [3.63, 3.8) is 0 Å². The molecule has 0 bridgehead atoms. The Bertz CT molecular complexity index is 1540. The summed E-state index contributed by atoms with van der Waals surface area (Å²) in [5, 5.41) is 16.9. The van der Waals surface area contributed by atoms with Crippen molar-refractivity contribution in [3.05, 3.63) is 69.9 Å². The molecule has 9 nitrogen and oxygen atoms in total. The van der Waals surface area contributed by atoms with E-state index in [9.17, 15) is 23.1 Å². The first kappa shape index (κ1) is 24.9. The summed E-state index contributed by atoms with van der Waals surface area (Å²) in [5.41, 5.74) is -0.545. The molecule has 4 aromatic rings. The minimum atomic E-state index is -4.95. The zero-order chi connectivity index (χ0) is 26.5. The SMILES string of the molecule is CC(C)n1c(=O)c2cnc(Nc3ccc4c(c3)CCNC4)nc2n1-c1ccnc(C(C)(O)C(F)(F)F)c1. The Morgan fingerprint density at radius 3 is 2.65 bits per heavy atom. The second-order valence-corrected chi connectivity index (χ2v) is 9.49. The van der Waals surface area contributed by atoms with Gasteiger partial charge in [0.15, 0.2) is 11.2 Å². The number of halogens is 3. The maximum Gasteiger partial charge on any atom is 0.422 e. The third-order valence-corrected chi connectivity index (χ3v) is 6.50. The zero-order valence-corrected chi connectivity index (χ0v) is 20.5. The number of rotatable bonds is 5. The van der Waals surface area contributed by atoms with Crippen molar-refractivity contribution in [2.75, 3.05) is 11.9 Å². The summed E-state index contributed by atoms with van der Waals surface area (Å²) in [4.78, 5) is 25.9. The lowest BCUT2D eigenvalue weighted by atomic mass is 10.0. The first-order valence-electron chi connectivity index (χ1n) is 11.8. The predicted molar refractivity (Wildman–Crippen MR) is 132 cm³/mol. The van der Waals surface area contributed by atoms with Gasteiger partial charge < -0.3 is 15.7 Å². The number of benzene rings is 1. The number of hydrogen-bond donors (Lipinski definition) is 3. The fraction of sp³-hybridized carbons (Fsp3) is 0.360. The van der Waals surface area contributed by atoms with Crippen LogP contribution in [0.3, 0.4) is 0 Å². The van der Waals surface area contributed by atoms with E-state index in [-0.39, 0.29) is 28.7 Å². The summed E-state index contributed by atoms with van der Waals surface area (Å²) in [6, 6.07) is 8.19. The molecule has 0 saturated heterocycles. The Morgan fingerprint density at radius 1 is 1.14 bits per heavy atom. The van der Waals surface area contributed by atoms with Crippen molar-refractivity contribution in [2.45, 2.75) is 51.6 Å². The van der Waals surface area contributed by atoms with Gasteiger partial charge in [0.2, 0.25) is 5.95 Å². The second-order valence-electron chi connectivity index (χ2n) is 9.49. The van der Waals surface area contributed by atoms with Gasteiger partial charge in [0.1, 0.15) is 5.39 Å². The van der Waals surface area contributed by atoms with Crippen molar-refractivity contribution in [1.29, 1.82) is 0 Å². The van der Waals surface area contributed by atoms with Gasteiger partial charge >= 0.3 is 6.18 Å². The maximum absolute atomic E-state index is 13.5. The number of hydrogen-bond acceptors (Lipinski definition) is 7. The molecule has 1 aliphatic heterocycles. The van der Waals surface area contributed by atoms with E-state index in [1.807, 2.05) is 18.2 Å². The van der Waals surface area contributed by atoms with E-state index in [1.165, 1.54) is 32.8 Å². The molecule has 0 radical (unpaired) electrons. The molecule has 0 fully saturated rings. The van der Waals surface area contributed by atoms with E-state index < -0.39 is 23.0 Å². The molecular weight excluding hydrogens is 487 g/mol. The van der Waals surface area contributed by atoms with Crippen LogP contribution in [0.4, 0.5) is 24.8 Å². The Hall–Kier alpha value is -3.77. The first-order chi connectivity index (χ1) is 17.5. The van der Waals surface area contributed by atoms with Crippen LogP contribution in [0.15, 0.2) is 47.5 Å². The first-order valence-corrected chi connectivity index (χ1v) is 11.8. The number of fused-ring (bicyclic) bond motifs is 2. The van der Waals surface area contributed by atoms with Gasteiger partial charge in [-0.3, -0.25) is 9.78 Å². The molecular formula is C25H26F3N7O2. The lowest BCUT2D eigenvalue weighted by Crippen LogP contribution is -2.40. The average Bonchev–Trinajstić information content (AvgIpc) is 3.15. The molecule has 5 rings (SSSR count). The van der Waals surface area contributed by atoms with Gasteiger partial charge in [0.25, 0.3) is 5.56 Å². The summed E-state index contributed by atoms with van der Waals surface area (Å²) in [7, 11) is 0. The minimum Gasteiger partial charge on any atom is -0.375 e. The van der Waals surface area contributed by atoms with Crippen LogP contribution >= 0.6 is 0 Å². The molecule has 3 aromatic heterocycles. The van der Waals surface area contributed by atoms with Gasteiger partial charge in [-0.1, -0.05) is 6.07 Å². The highest BCUT2D eigenvalue weighted by molar-refractivity contribution is 5.77. The fourth-order valence-corrected chi connectivity index (χ4v) is 4.42. The molecule has 1 unspecified atom stereocenters. The van der Waals surface area contributed by atoms with Crippen LogP contribution in [-0.4, -0.2) is 42.1 Å². The quantitative estimate of drug-likeness (QED) is 0.373. The van der Waals surface area contributed by atoms with Crippen LogP contribution in [0.5, 0.6) is 0 Å². The van der Waals surface area contributed by atoms with Gasteiger partial charge in [0.05, 0.1) is 11.4 Å². The third kappa shape index (κ3) is 4.36. The lowest BCUT2D eigenvalue weighted by Gasteiger charge is -2.26. The number of nitrogens with one attached hydrogen (secondary N) is 2. The number of aromatic nitrogens is 5. The molecule has 0 saturated carbocycles. The topological polar surface area (TPSA) is 110 Å². The molecule has 3 N–H and O–H groups in total. The average molecular weight is 514 g/mol. The molecule has 194 valence electrons. The summed E-state index contributed by atoms with van der Waals surface area (Å²) >= 11 is 0. The highest BCUT2D eigenvalue weighted by atomic mass is 19.4. The van der Waals surface area contributed by atoms with Gasteiger partial charge in [0, 0.05) is 30.7 Å². The normalized spacial score (nSPS) is 15.6. The van der Waals surface area contributed by atoms with E-state index >= 15 is 0 Å². The van der Waals surface area contributed by atoms with Crippen LogP contribution < -0.4 is 16.2 Å². The fourth-order valence-electron chi connectivity index (χ4n) is 4.42. The Balaban J connectivity index is 1.63. The number of pyridine rings is 1. The summed E-state index contributed by atoms with van der Waals surface area (Å²) in [6.45, 7) is 5.89. The molecule has 4 heterocycles. The second kappa shape index (κ2) is 8.96. The van der Waals surface area contributed by atoms with Crippen LogP contribution in [0.1, 0.15) is 43.6 Å². The molecule has 0 amide bonds. The Kier molecular flexibility index (Phi) is 6.03. The third-order valence-electron chi connectivity index (χ3n) is 6.50. The van der Waals surface area contributed by atoms with Crippen LogP contribution in [0.2, 0.25) is 0 Å². The van der Waals surface area contributed by atoms with E-state index in [4.69, 9.17) is 0 Å². The highest BCUT2D eigenvalue weighted by Gasteiger charge is 2.52. The molecule has 37 heavy (non-hydrogen) atoms. The summed E-state index contributed by atoms with van der Waals surface area (Å²) in [5.74, 6) is 0.229.